The number of carbonyl (C=O) groups is 1. The molecule has 4 aliphatic rings. The number of anilines is 1. The molecular formula is C44H40ClF8N7O5S2. The second-order valence-corrected chi connectivity index (χ2v) is 22.9. The topological polar surface area (TPSA) is 158 Å². The standard InChI is InChI=1S/C44H40ClF8N7O5S2/c1-43(2,67(64,65)26-6-7-26)12-11-25-5-8-27(28-9-10-31(45)36-39(28)59(18-33(48)49)57-42(36)58-66(62,63)20-21-3-4-21)37(54-25)32(15-22-13-23(46)16-24(47)14-22)55-34(61)19-60-40-35(38(56-60)41(50)51)29-17-30(29)44(40,52)53/h5,8-10,13-14,16,21,26,29-30,32-33,41H,3-4,6-7,15,17-20H2,1-2H3,(H,55,61)(H,57,58)/t29-,30+,32-/m0/s1. The zero-order chi connectivity index (χ0) is 48.1. The van der Waals surface area contributed by atoms with Gasteiger partial charge in [-0.1, -0.05) is 23.6 Å². The molecule has 2 N–H and O–H groups in total. The molecule has 12 nitrogen and oxygen atoms in total. The molecule has 356 valence electrons. The third kappa shape index (κ3) is 9.10. The summed E-state index contributed by atoms with van der Waals surface area (Å²) < 4.78 is 173. The Bertz CT molecular complexity index is 3120. The van der Waals surface area contributed by atoms with E-state index in [-0.39, 0.29) is 73.5 Å². The number of sulfone groups is 1. The van der Waals surface area contributed by atoms with Crippen molar-refractivity contribution in [3.8, 4) is 23.0 Å². The van der Waals surface area contributed by atoms with Gasteiger partial charge in [0.05, 0.1) is 38.7 Å². The molecule has 0 unspecified atom stereocenters. The summed E-state index contributed by atoms with van der Waals surface area (Å²) in [6, 6.07) is 6.38. The first-order valence-electron chi connectivity index (χ1n) is 21.2. The highest BCUT2D eigenvalue weighted by molar-refractivity contribution is 7.94. The number of halogens is 9. The Morgan fingerprint density at radius 1 is 0.940 bits per heavy atom. The predicted octanol–water partition coefficient (Wildman–Crippen LogP) is 8.60. The molecule has 4 aliphatic carbocycles. The van der Waals surface area contributed by atoms with Gasteiger partial charge >= 0.3 is 0 Å². The molecule has 0 aliphatic heterocycles. The lowest BCUT2D eigenvalue weighted by atomic mass is 9.93. The van der Waals surface area contributed by atoms with Gasteiger partial charge in [0, 0.05) is 28.7 Å². The number of hydrogen-bond donors (Lipinski definition) is 2. The van der Waals surface area contributed by atoms with Gasteiger partial charge in [0.2, 0.25) is 15.9 Å². The highest BCUT2D eigenvalue weighted by atomic mass is 35.5. The van der Waals surface area contributed by atoms with Crippen molar-refractivity contribution < 1.29 is 56.8 Å². The minimum absolute atomic E-state index is 0.00801. The molecule has 3 saturated carbocycles. The number of nitrogens with zero attached hydrogens (tertiary/aromatic N) is 5. The molecule has 5 aromatic rings. The number of benzene rings is 2. The number of sulfonamides is 1. The van der Waals surface area contributed by atoms with Crippen LogP contribution >= 0.6 is 11.6 Å². The lowest BCUT2D eigenvalue weighted by molar-refractivity contribution is -0.123. The average molecular weight is 998 g/mol. The molecule has 0 saturated heterocycles. The highest BCUT2D eigenvalue weighted by Gasteiger charge is 2.67. The number of carbonyl (C=O) groups excluding carboxylic acids is 1. The molecule has 9 rings (SSSR count). The van der Waals surface area contributed by atoms with Crippen LogP contribution in [-0.2, 0) is 50.1 Å². The zero-order valence-electron chi connectivity index (χ0n) is 35.4. The van der Waals surface area contributed by atoms with Gasteiger partial charge in [-0.3, -0.25) is 18.9 Å². The first kappa shape index (κ1) is 46.8. The number of hydrogen-bond acceptors (Lipinski definition) is 8. The minimum atomic E-state index is -4.07. The molecular weight excluding hydrogens is 958 g/mol. The average Bonchev–Trinajstić information content (AvgIpc) is 4.14. The van der Waals surface area contributed by atoms with Crippen LogP contribution in [0, 0.1) is 35.3 Å². The van der Waals surface area contributed by atoms with Crippen LogP contribution in [0.1, 0.15) is 98.2 Å². The molecule has 3 fully saturated rings. The summed E-state index contributed by atoms with van der Waals surface area (Å²) in [5, 5.41) is 9.76. The van der Waals surface area contributed by atoms with E-state index in [2.05, 4.69) is 32.1 Å². The Labute approximate surface area is 383 Å². The fourth-order valence-electron chi connectivity index (χ4n) is 8.87. The van der Waals surface area contributed by atoms with Gasteiger partial charge in [-0.2, -0.15) is 19.0 Å². The molecule has 3 atom stereocenters. The fraction of sp³-hybridized carbons (Fsp3) is 0.455. The second kappa shape index (κ2) is 16.8. The Morgan fingerprint density at radius 3 is 2.27 bits per heavy atom. The lowest BCUT2D eigenvalue weighted by Gasteiger charge is -2.23. The van der Waals surface area contributed by atoms with Crippen LogP contribution in [0.4, 0.5) is 40.9 Å². The van der Waals surface area contributed by atoms with E-state index in [1.165, 1.54) is 38.1 Å². The largest absolute Gasteiger partial charge is 0.346 e. The van der Waals surface area contributed by atoms with Gasteiger partial charge in [-0.05, 0) is 106 Å². The van der Waals surface area contributed by atoms with E-state index in [0.717, 1.165) is 16.8 Å². The van der Waals surface area contributed by atoms with E-state index in [1.807, 2.05) is 0 Å². The maximum atomic E-state index is 15.6. The van der Waals surface area contributed by atoms with E-state index in [4.69, 9.17) is 16.6 Å². The quantitative estimate of drug-likeness (QED) is 0.0736. The molecule has 2 aromatic carbocycles. The van der Waals surface area contributed by atoms with Crippen LogP contribution in [0.3, 0.4) is 0 Å². The maximum Gasteiger partial charge on any atom is 0.293 e. The van der Waals surface area contributed by atoms with Gasteiger partial charge in [0.1, 0.15) is 46.6 Å². The first-order chi connectivity index (χ1) is 31.4. The Kier molecular flexibility index (Phi) is 11.7. The van der Waals surface area contributed by atoms with Crippen LogP contribution in [0.15, 0.2) is 42.5 Å². The van der Waals surface area contributed by atoms with Crippen molar-refractivity contribution in [2.75, 3.05) is 10.5 Å². The molecule has 0 bridgehead atoms. The molecule has 3 aromatic heterocycles. The third-order valence-corrected chi connectivity index (χ3v) is 17.0. The van der Waals surface area contributed by atoms with Gasteiger partial charge in [-0.25, -0.2) is 48.2 Å². The Morgan fingerprint density at radius 2 is 1.63 bits per heavy atom. The molecule has 23 heteroatoms. The summed E-state index contributed by atoms with van der Waals surface area (Å²) in [6.45, 7) is 0.716. The highest BCUT2D eigenvalue weighted by Crippen LogP contribution is 2.68. The Balaban J connectivity index is 1.21. The smallest absolute Gasteiger partial charge is 0.293 e. The number of nitrogens with one attached hydrogen (secondary N) is 2. The number of rotatable bonds is 16. The van der Waals surface area contributed by atoms with Crippen molar-refractivity contribution in [1.82, 2.24) is 29.9 Å². The van der Waals surface area contributed by atoms with Crippen molar-refractivity contribution in [1.29, 1.82) is 0 Å². The minimum Gasteiger partial charge on any atom is -0.346 e. The number of fused-ring (bicyclic) bond motifs is 4. The molecule has 0 spiro atoms. The van der Waals surface area contributed by atoms with E-state index < -0.39 is 115 Å². The molecule has 0 radical (unpaired) electrons. The van der Waals surface area contributed by atoms with Gasteiger partial charge < -0.3 is 5.32 Å². The van der Waals surface area contributed by atoms with Gasteiger partial charge in [-0.15, -0.1) is 0 Å². The molecule has 1 amide bonds. The van der Waals surface area contributed by atoms with Crippen molar-refractivity contribution in [2.45, 2.75) is 106 Å². The van der Waals surface area contributed by atoms with Crippen LogP contribution in [0.5, 0.6) is 0 Å². The SMILES string of the molecule is CC(C)(C#Cc1ccc(-c2ccc(Cl)c3c(NS(=O)(=O)CC4CC4)nn(CC(F)F)c23)c([C@H](Cc2cc(F)cc(F)c2)NC(=O)Cn2nc(C(F)F)c3c2C(F)(F)[C@@H]2C[C@H]32)n1)S(=O)(=O)C1CC1. The van der Waals surface area contributed by atoms with Crippen molar-refractivity contribution in [2.24, 2.45) is 11.8 Å². The third-order valence-electron chi connectivity index (χ3n) is 12.4. The van der Waals surface area contributed by atoms with Crippen LogP contribution in [0.2, 0.25) is 5.02 Å². The molecule has 67 heavy (non-hydrogen) atoms. The summed E-state index contributed by atoms with van der Waals surface area (Å²) in [5.41, 5.74) is -2.52. The number of amides is 1. The fourth-order valence-corrected chi connectivity index (χ4v) is 12.4. The number of alkyl halides is 6. The number of pyridine rings is 1. The van der Waals surface area contributed by atoms with Crippen LogP contribution < -0.4 is 10.0 Å². The predicted molar refractivity (Wildman–Crippen MR) is 230 cm³/mol. The van der Waals surface area contributed by atoms with Crippen molar-refractivity contribution in [3.63, 3.8) is 0 Å². The van der Waals surface area contributed by atoms with Gasteiger partial charge in [0.25, 0.3) is 18.8 Å². The zero-order valence-corrected chi connectivity index (χ0v) is 37.8. The summed E-state index contributed by atoms with van der Waals surface area (Å²) in [5.74, 6) is -4.09. The van der Waals surface area contributed by atoms with E-state index >= 15 is 8.78 Å². The maximum absolute atomic E-state index is 15.6. The van der Waals surface area contributed by atoms with Crippen LogP contribution in [-0.4, -0.2) is 69.5 Å². The number of aromatic nitrogens is 5. The monoisotopic (exact) mass is 997 g/mol. The van der Waals surface area contributed by atoms with E-state index in [9.17, 15) is 48.0 Å². The Hall–Kier alpha value is -5.27. The van der Waals surface area contributed by atoms with E-state index in [0.29, 0.717) is 36.4 Å². The normalized spacial score (nSPS) is 19.3. The van der Waals surface area contributed by atoms with Crippen molar-refractivity contribution in [3.05, 3.63) is 93.0 Å². The first-order valence-corrected chi connectivity index (χ1v) is 24.8. The van der Waals surface area contributed by atoms with E-state index in [1.54, 1.807) is 0 Å². The van der Waals surface area contributed by atoms with Crippen LogP contribution in [0.25, 0.3) is 22.0 Å². The summed E-state index contributed by atoms with van der Waals surface area (Å²) in [6.07, 6.45) is -4.57. The lowest BCUT2D eigenvalue weighted by Crippen LogP contribution is -2.35. The van der Waals surface area contributed by atoms with Gasteiger partial charge in [0.15, 0.2) is 15.7 Å². The summed E-state index contributed by atoms with van der Waals surface area (Å²) >= 11 is 6.67. The second-order valence-electron chi connectivity index (χ2n) is 18.0. The summed E-state index contributed by atoms with van der Waals surface area (Å²) in [4.78, 5) is 18.9. The summed E-state index contributed by atoms with van der Waals surface area (Å²) in [7, 11) is -7.83. The molecule has 3 heterocycles. The van der Waals surface area contributed by atoms with Crippen molar-refractivity contribution >= 4 is 54.1 Å².